The van der Waals surface area contributed by atoms with Crippen LogP contribution in [0, 0.1) is 5.82 Å². The predicted octanol–water partition coefficient (Wildman–Crippen LogP) is 3.95. The highest BCUT2D eigenvalue weighted by Crippen LogP contribution is 2.38. The van der Waals surface area contributed by atoms with Gasteiger partial charge in [0.25, 0.3) is 0 Å². The molecule has 0 aliphatic carbocycles. The molecule has 1 saturated heterocycles. The van der Waals surface area contributed by atoms with Crippen molar-refractivity contribution in [2.75, 3.05) is 11.1 Å². The summed E-state index contributed by atoms with van der Waals surface area (Å²) in [6.07, 6.45) is 0.458. The lowest BCUT2D eigenvalue weighted by atomic mass is 10.1. The number of carbonyl (C=O) groups is 2. The van der Waals surface area contributed by atoms with E-state index in [2.05, 4.69) is 5.32 Å². The minimum absolute atomic E-state index is 0.0259. The number of rotatable bonds is 4. The summed E-state index contributed by atoms with van der Waals surface area (Å²) >= 11 is 1.67. The summed E-state index contributed by atoms with van der Waals surface area (Å²) in [6, 6.07) is 14.0. The second-order valence-corrected chi connectivity index (χ2v) is 7.08. The Hall–Kier alpha value is -2.34. The van der Waals surface area contributed by atoms with Crippen molar-refractivity contribution < 1.29 is 14.0 Å². The minimum Gasteiger partial charge on any atom is -0.326 e. The molecule has 2 aromatic carbocycles. The van der Waals surface area contributed by atoms with E-state index in [4.69, 9.17) is 0 Å². The van der Waals surface area contributed by atoms with Gasteiger partial charge in [0.1, 0.15) is 11.2 Å². The summed E-state index contributed by atoms with van der Waals surface area (Å²) in [6.45, 7) is 1.70. The van der Waals surface area contributed by atoms with E-state index in [0.29, 0.717) is 17.7 Å². The van der Waals surface area contributed by atoms with Gasteiger partial charge in [-0.05, 0) is 23.8 Å². The molecule has 0 saturated carbocycles. The Morgan fingerprint density at radius 2 is 1.96 bits per heavy atom. The third kappa shape index (κ3) is 4.20. The number of anilines is 1. The molecule has 6 heteroatoms. The highest BCUT2D eigenvalue weighted by molar-refractivity contribution is 7.99. The smallest absolute Gasteiger partial charge is 0.224 e. The van der Waals surface area contributed by atoms with E-state index in [-0.39, 0.29) is 29.6 Å². The second-order valence-electron chi connectivity index (χ2n) is 5.89. The Balaban J connectivity index is 1.83. The molecular formula is C19H19FN2O2S. The Bertz CT molecular complexity index is 779. The van der Waals surface area contributed by atoms with Crippen LogP contribution in [0.5, 0.6) is 0 Å². The van der Waals surface area contributed by atoms with E-state index in [1.807, 2.05) is 24.3 Å². The molecule has 2 aromatic rings. The Morgan fingerprint density at radius 1 is 1.24 bits per heavy atom. The van der Waals surface area contributed by atoms with Crippen molar-refractivity contribution in [1.29, 1.82) is 0 Å². The number of carbonyl (C=O) groups excluding carboxylic acids is 2. The van der Waals surface area contributed by atoms with Crippen molar-refractivity contribution in [3.8, 4) is 0 Å². The maximum absolute atomic E-state index is 14.0. The molecule has 1 unspecified atom stereocenters. The van der Waals surface area contributed by atoms with Gasteiger partial charge in [-0.2, -0.15) is 0 Å². The number of hydrogen-bond acceptors (Lipinski definition) is 3. The van der Waals surface area contributed by atoms with Gasteiger partial charge < -0.3 is 10.2 Å². The van der Waals surface area contributed by atoms with Gasteiger partial charge in [0.2, 0.25) is 11.8 Å². The summed E-state index contributed by atoms with van der Waals surface area (Å²) < 4.78 is 14.0. The van der Waals surface area contributed by atoms with Crippen LogP contribution in [0.2, 0.25) is 0 Å². The molecule has 0 aromatic heterocycles. The van der Waals surface area contributed by atoms with Crippen molar-refractivity contribution in [2.45, 2.75) is 25.3 Å². The van der Waals surface area contributed by atoms with E-state index in [1.165, 1.54) is 13.0 Å². The van der Waals surface area contributed by atoms with Crippen LogP contribution in [-0.4, -0.2) is 22.5 Å². The maximum Gasteiger partial charge on any atom is 0.224 e. The van der Waals surface area contributed by atoms with Crippen molar-refractivity contribution in [1.82, 2.24) is 4.90 Å². The largest absolute Gasteiger partial charge is 0.326 e. The van der Waals surface area contributed by atoms with Crippen LogP contribution in [0.15, 0.2) is 48.5 Å². The quantitative estimate of drug-likeness (QED) is 0.900. The molecule has 0 spiro atoms. The standard InChI is InChI=1S/C19H19FN2O2S/c1-13(23)21-16-8-6-14(7-9-16)19-22(18(24)10-11-25-19)12-15-4-2-3-5-17(15)20/h2-9,19H,10-12H2,1H3,(H,21,23). The number of halogens is 1. The predicted molar refractivity (Wildman–Crippen MR) is 97.5 cm³/mol. The number of thioether (sulfide) groups is 1. The zero-order valence-corrected chi connectivity index (χ0v) is 14.7. The number of nitrogens with one attached hydrogen (secondary N) is 1. The molecule has 2 amide bonds. The SMILES string of the molecule is CC(=O)Nc1ccc(C2SCCC(=O)N2Cc2ccccc2F)cc1. The molecule has 0 bridgehead atoms. The third-order valence-electron chi connectivity index (χ3n) is 4.01. The first-order chi connectivity index (χ1) is 12.0. The first-order valence-electron chi connectivity index (χ1n) is 8.06. The summed E-state index contributed by atoms with van der Waals surface area (Å²) in [5, 5.41) is 2.57. The normalized spacial score (nSPS) is 17.4. The Labute approximate surface area is 150 Å². The molecule has 1 fully saturated rings. The first kappa shape index (κ1) is 17.5. The molecule has 1 aliphatic rings. The van der Waals surface area contributed by atoms with E-state index in [0.717, 1.165) is 11.3 Å². The van der Waals surface area contributed by atoms with Crippen LogP contribution in [-0.2, 0) is 16.1 Å². The summed E-state index contributed by atoms with van der Waals surface area (Å²) in [5.41, 5.74) is 2.19. The van der Waals surface area contributed by atoms with Gasteiger partial charge in [0.15, 0.2) is 0 Å². The van der Waals surface area contributed by atoms with Gasteiger partial charge >= 0.3 is 0 Å². The first-order valence-corrected chi connectivity index (χ1v) is 9.11. The Kier molecular flexibility index (Phi) is 5.38. The lowest BCUT2D eigenvalue weighted by Crippen LogP contribution is -2.37. The average molecular weight is 358 g/mol. The van der Waals surface area contributed by atoms with Gasteiger partial charge in [-0.25, -0.2) is 4.39 Å². The molecule has 1 heterocycles. The van der Waals surface area contributed by atoms with Gasteiger partial charge in [0.05, 0.1) is 0 Å². The summed E-state index contributed by atoms with van der Waals surface area (Å²) in [4.78, 5) is 25.3. The maximum atomic E-state index is 14.0. The average Bonchev–Trinajstić information content (AvgIpc) is 2.59. The Morgan fingerprint density at radius 3 is 2.64 bits per heavy atom. The van der Waals surface area contributed by atoms with Crippen molar-refractivity contribution >= 4 is 29.3 Å². The second kappa shape index (κ2) is 7.70. The van der Waals surface area contributed by atoms with Crippen molar-refractivity contribution in [3.63, 3.8) is 0 Å². The van der Waals surface area contributed by atoms with Gasteiger partial charge in [-0.1, -0.05) is 30.3 Å². The van der Waals surface area contributed by atoms with Gasteiger partial charge in [0, 0.05) is 36.9 Å². The number of amides is 2. The molecule has 3 rings (SSSR count). The van der Waals surface area contributed by atoms with Crippen LogP contribution >= 0.6 is 11.8 Å². The fourth-order valence-electron chi connectivity index (χ4n) is 2.81. The van der Waals surface area contributed by atoms with E-state index >= 15 is 0 Å². The van der Waals surface area contributed by atoms with Crippen LogP contribution in [0.3, 0.4) is 0 Å². The zero-order chi connectivity index (χ0) is 17.8. The number of hydrogen-bond donors (Lipinski definition) is 1. The van der Waals surface area contributed by atoms with Crippen LogP contribution in [0.25, 0.3) is 0 Å². The fraction of sp³-hybridized carbons (Fsp3) is 0.263. The molecule has 1 aliphatic heterocycles. The highest BCUT2D eigenvalue weighted by atomic mass is 32.2. The topological polar surface area (TPSA) is 49.4 Å². The van der Waals surface area contributed by atoms with E-state index in [1.54, 1.807) is 34.9 Å². The van der Waals surface area contributed by atoms with Gasteiger partial charge in [-0.3, -0.25) is 9.59 Å². The fourth-order valence-corrected chi connectivity index (χ4v) is 4.05. The molecule has 4 nitrogen and oxygen atoms in total. The monoisotopic (exact) mass is 358 g/mol. The summed E-state index contributed by atoms with van der Waals surface area (Å²) in [5.74, 6) is 0.338. The van der Waals surface area contributed by atoms with Gasteiger partial charge in [-0.15, -0.1) is 11.8 Å². The molecule has 1 N–H and O–H groups in total. The van der Waals surface area contributed by atoms with Crippen molar-refractivity contribution in [3.05, 3.63) is 65.5 Å². The summed E-state index contributed by atoms with van der Waals surface area (Å²) in [7, 11) is 0. The lowest BCUT2D eigenvalue weighted by Gasteiger charge is -2.35. The number of benzene rings is 2. The third-order valence-corrected chi connectivity index (χ3v) is 5.29. The highest BCUT2D eigenvalue weighted by Gasteiger charge is 2.30. The van der Waals surface area contributed by atoms with E-state index < -0.39 is 0 Å². The van der Waals surface area contributed by atoms with Crippen molar-refractivity contribution in [2.24, 2.45) is 0 Å². The molecule has 1 atom stereocenters. The molecule has 0 radical (unpaired) electrons. The van der Waals surface area contributed by atoms with Crippen LogP contribution in [0.1, 0.15) is 29.8 Å². The van der Waals surface area contributed by atoms with Crippen LogP contribution < -0.4 is 5.32 Å². The zero-order valence-electron chi connectivity index (χ0n) is 13.9. The number of nitrogens with zero attached hydrogens (tertiary/aromatic N) is 1. The lowest BCUT2D eigenvalue weighted by molar-refractivity contribution is -0.132. The molecule has 25 heavy (non-hydrogen) atoms. The molecule has 130 valence electrons. The molecular weight excluding hydrogens is 339 g/mol. The minimum atomic E-state index is -0.300. The van der Waals surface area contributed by atoms with E-state index in [9.17, 15) is 14.0 Å². The van der Waals surface area contributed by atoms with Crippen LogP contribution in [0.4, 0.5) is 10.1 Å².